The van der Waals surface area contributed by atoms with Crippen LogP contribution in [-0.2, 0) is 16.1 Å². The summed E-state index contributed by atoms with van der Waals surface area (Å²) in [6, 6.07) is 17.4. The number of phenolic OH excluding ortho intramolecular Hbond substituents is 4. The van der Waals surface area contributed by atoms with Crippen LogP contribution < -0.4 is 14.9 Å². The van der Waals surface area contributed by atoms with E-state index in [0.717, 1.165) is 23.8 Å². The van der Waals surface area contributed by atoms with E-state index in [-0.39, 0.29) is 29.7 Å². The van der Waals surface area contributed by atoms with Crippen LogP contribution >= 0.6 is 0 Å². The number of ether oxygens (including phenoxy) is 3. The molecule has 0 aliphatic carbocycles. The molecule has 0 fully saturated rings. The van der Waals surface area contributed by atoms with Gasteiger partial charge in [-0.3, -0.25) is 9.59 Å². The molecule has 47 heavy (non-hydrogen) atoms. The Labute approximate surface area is 269 Å². The lowest BCUT2D eigenvalue weighted by Crippen LogP contribution is -2.13. The van der Waals surface area contributed by atoms with Crippen LogP contribution in [0, 0.1) is 0 Å². The van der Waals surface area contributed by atoms with Gasteiger partial charge >= 0.3 is 5.97 Å². The van der Waals surface area contributed by atoms with E-state index in [1.165, 1.54) is 25.8 Å². The molecule has 244 valence electrons. The minimum absolute atomic E-state index is 0.0112. The number of methoxy groups -OCH3 is 2. The van der Waals surface area contributed by atoms with E-state index < -0.39 is 57.2 Å². The molecule has 1 heterocycles. The molecule has 0 bridgehead atoms. The van der Waals surface area contributed by atoms with Crippen LogP contribution in [0.15, 0.2) is 75.9 Å². The number of carbonyl (C=O) groups is 1. The zero-order valence-corrected chi connectivity index (χ0v) is 26.1. The fourth-order valence-electron chi connectivity index (χ4n) is 5.36. The van der Waals surface area contributed by atoms with Crippen molar-refractivity contribution in [2.75, 3.05) is 14.2 Å². The highest BCUT2D eigenvalue weighted by Crippen LogP contribution is 2.46. The van der Waals surface area contributed by atoms with Gasteiger partial charge in [-0.2, -0.15) is 0 Å². The molecule has 0 saturated heterocycles. The summed E-state index contributed by atoms with van der Waals surface area (Å²) >= 11 is 0. The predicted octanol–water partition coefficient (Wildman–Crippen LogP) is 6.39. The quantitative estimate of drug-likeness (QED) is 0.0842. The normalized spacial score (nSPS) is 11.9. The smallest absolute Gasteiger partial charge is 0.306 e. The Kier molecular flexibility index (Phi) is 9.18. The zero-order valence-electron chi connectivity index (χ0n) is 26.1. The second-order valence-electron chi connectivity index (χ2n) is 11.3. The first-order chi connectivity index (χ1) is 22.4. The molecule has 5 aromatic rings. The van der Waals surface area contributed by atoms with Crippen LogP contribution in [0.3, 0.4) is 0 Å². The van der Waals surface area contributed by atoms with Gasteiger partial charge in [0.1, 0.15) is 29.1 Å². The molecule has 0 amide bonds. The molecule has 0 aliphatic heterocycles. The lowest BCUT2D eigenvalue weighted by molar-refractivity contribution is -0.140. The Morgan fingerprint density at radius 2 is 1.49 bits per heavy atom. The van der Waals surface area contributed by atoms with Gasteiger partial charge in [0.15, 0.2) is 28.8 Å². The van der Waals surface area contributed by atoms with Crippen molar-refractivity contribution in [2.45, 2.75) is 38.7 Å². The summed E-state index contributed by atoms with van der Waals surface area (Å²) in [5, 5.41) is 52.0. The van der Waals surface area contributed by atoms with Crippen LogP contribution in [0.4, 0.5) is 0 Å². The van der Waals surface area contributed by atoms with Crippen LogP contribution in [0.25, 0.3) is 22.3 Å². The molecule has 5 rings (SSSR count). The summed E-state index contributed by atoms with van der Waals surface area (Å²) in [5.74, 6) is -4.05. The van der Waals surface area contributed by atoms with Gasteiger partial charge in [0, 0.05) is 23.1 Å². The summed E-state index contributed by atoms with van der Waals surface area (Å²) in [4.78, 5) is 26.1. The molecule has 1 aromatic heterocycles. The number of phenols is 4. The zero-order chi connectivity index (χ0) is 34.0. The minimum atomic E-state index is -1.04. The van der Waals surface area contributed by atoms with Crippen molar-refractivity contribution in [1.82, 2.24) is 0 Å². The first-order valence-corrected chi connectivity index (χ1v) is 14.7. The molecule has 0 aliphatic rings. The maximum atomic E-state index is 13.4. The third kappa shape index (κ3) is 6.46. The maximum absolute atomic E-state index is 13.4. The number of hydrogen-bond donors (Lipinski definition) is 5. The fourth-order valence-corrected chi connectivity index (χ4v) is 5.36. The van der Waals surface area contributed by atoms with Crippen LogP contribution in [0.1, 0.15) is 54.4 Å². The highest BCUT2D eigenvalue weighted by molar-refractivity contribution is 5.92. The highest BCUT2D eigenvalue weighted by Gasteiger charge is 2.30. The summed E-state index contributed by atoms with van der Waals surface area (Å²) in [6.07, 6.45) is -0.338. The molecule has 0 spiro atoms. The first-order valence-electron chi connectivity index (χ1n) is 14.7. The van der Waals surface area contributed by atoms with E-state index in [2.05, 4.69) is 13.8 Å². The molecule has 4 aromatic carbocycles. The molecule has 1 atom stereocenters. The number of rotatable bonds is 10. The van der Waals surface area contributed by atoms with E-state index in [1.807, 2.05) is 24.3 Å². The van der Waals surface area contributed by atoms with Crippen LogP contribution in [0.5, 0.6) is 40.2 Å². The van der Waals surface area contributed by atoms with Gasteiger partial charge in [0.25, 0.3) is 0 Å². The third-order valence-electron chi connectivity index (χ3n) is 7.95. The number of carbonyl (C=O) groups excluding carboxylic acids is 1. The molecule has 1 unspecified atom stereocenters. The molecule has 11 heteroatoms. The van der Waals surface area contributed by atoms with Gasteiger partial charge in [-0.1, -0.05) is 44.2 Å². The summed E-state index contributed by atoms with van der Waals surface area (Å²) in [7, 11) is 2.65. The van der Waals surface area contributed by atoms with Gasteiger partial charge in [0.2, 0.25) is 11.2 Å². The second-order valence-corrected chi connectivity index (χ2v) is 11.3. The lowest BCUT2D eigenvalue weighted by atomic mass is 9.86. The molecular formula is C36H34O11. The van der Waals surface area contributed by atoms with Gasteiger partial charge in [-0.15, -0.1) is 0 Å². The summed E-state index contributed by atoms with van der Waals surface area (Å²) in [6.45, 7) is 4.49. The number of fused-ring (bicyclic) bond motifs is 1. The highest BCUT2D eigenvalue weighted by atomic mass is 16.5. The largest absolute Gasteiger partial charge is 0.507 e. The van der Waals surface area contributed by atoms with E-state index in [4.69, 9.17) is 18.6 Å². The summed E-state index contributed by atoms with van der Waals surface area (Å²) < 4.78 is 22.6. The molecule has 11 nitrogen and oxygen atoms in total. The number of esters is 1. The van der Waals surface area contributed by atoms with Gasteiger partial charge in [-0.05, 0) is 52.9 Å². The SMILES string of the molecule is COC(=O)CC(c1ccc(OCc2ccc(C(C)C)cc2)c(OC)c1)c1c(O)cc(O)c2c(=O)c(O)c(-c3ccc(O)c(O)c3)oc12. The second kappa shape index (κ2) is 13.3. The number of hydrogen-bond acceptors (Lipinski definition) is 11. The number of aromatic hydroxyl groups is 5. The summed E-state index contributed by atoms with van der Waals surface area (Å²) in [5.41, 5.74) is 1.17. The Balaban J connectivity index is 1.64. The lowest BCUT2D eigenvalue weighted by Gasteiger charge is -2.22. The van der Waals surface area contributed by atoms with Gasteiger partial charge < -0.3 is 44.2 Å². The average Bonchev–Trinajstić information content (AvgIpc) is 3.05. The van der Waals surface area contributed by atoms with Gasteiger partial charge in [-0.25, -0.2) is 0 Å². The van der Waals surface area contributed by atoms with Crippen LogP contribution in [-0.4, -0.2) is 45.7 Å². The van der Waals surface area contributed by atoms with Crippen molar-refractivity contribution in [3.05, 3.63) is 99.2 Å². The van der Waals surface area contributed by atoms with Crippen molar-refractivity contribution in [2.24, 2.45) is 0 Å². The van der Waals surface area contributed by atoms with Crippen molar-refractivity contribution in [3.8, 4) is 51.6 Å². The van der Waals surface area contributed by atoms with E-state index >= 15 is 0 Å². The van der Waals surface area contributed by atoms with E-state index in [9.17, 15) is 35.1 Å². The molecule has 0 saturated carbocycles. The molecular weight excluding hydrogens is 608 g/mol. The Morgan fingerprint density at radius 3 is 2.13 bits per heavy atom. The predicted molar refractivity (Wildman–Crippen MR) is 173 cm³/mol. The van der Waals surface area contributed by atoms with Gasteiger partial charge in [0.05, 0.1) is 20.6 Å². The Hall–Kier alpha value is -5.84. The van der Waals surface area contributed by atoms with Crippen LogP contribution in [0.2, 0.25) is 0 Å². The maximum Gasteiger partial charge on any atom is 0.306 e. The van der Waals surface area contributed by atoms with E-state index in [1.54, 1.807) is 18.2 Å². The standard InChI is InChI=1S/C36H34O11/c1-18(2)20-7-5-19(6-8-20)17-46-28-12-10-21(14-29(28)44-3)23(15-30(41)45-4)31-26(39)16-27(40)32-33(42)34(43)35(47-36(31)32)22-9-11-24(37)25(38)13-22/h5-14,16,18,23,37-40,43H,15,17H2,1-4H3. The van der Waals surface area contributed by atoms with Crippen molar-refractivity contribution >= 4 is 16.9 Å². The fraction of sp³-hybridized carbons (Fsp3) is 0.222. The third-order valence-corrected chi connectivity index (χ3v) is 7.95. The van der Waals surface area contributed by atoms with Crippen molar-refractivity contribution in [1.29, 1.82) is 0 Å². The Morgan fingerprint density at radius 1 is 0.787 bits per heavy atom. The van der Waals surface area contributed by atoms with Crippen molar-refractivity contribution in [3.63, 3.8) is 0 Å². The Bertz CT molecular complexity index is 2010. The molecule has 5 N–H and O–H groups in total. The van der Waals surface area contributed by atoms with Crippen molar-refractivity contribution < 1.29 is 49.0 Å². The number of benzene rings is 4. The molecule has 0 radical (unpaired) electrons. The average molecular weight is 643 g/mol. The monoisotopic (exact) mass is 642 g/mol. The first kappa shape index (κ1) is 32.6. The van der Waals surface area contributed by atoms with E-state index in [0.29, 0.717) is 23.0 Å². The topological polar surface area (TPSA) is 176 Å². The minimum Gasteiger partial charge on any atom is -0.507 e.